The quantitative estimate of drug-likeness (QED) is 0.570. The molecule has 152 valence electrons. The van der Waals surface area contributed by atoms with Gasteiger partial charge in [0.25, 0.3) is 5.56 Å². The SMILES string of the molecule is COC(=O)Cc1c(C(=O)OC)sc2nc(CN[C@H](C)c3ccccc3)[nH]c(=O)c12. The lowest BCUT2D eigenvalue weighted by Gasteiger charge is -2.13. The predicted octanol–water partition coefficient (Wildman–Crippen LogP) is 2.34. The molecule has 0 radical (unpaired) electrons. The molecule has 1 aromatic carbocycles. The molecule has 3 rings (SSSR count). The highest BCUT2D eigenvalue weighted by Gasteiger charge is 2.24. The van der Waals surface area contributed by atoms with E-state index in [2.05, 4.69) is 20.0 Å². The van der Waals surface area contributed by atoms with Crippen molar-refractivity contribution in [3.8, 4) is 0 Å². The number of hydrogen-bond donors (Lipinski definition) is 2. The van der Waals surface area contributed by atoms with Gasteiger partial charge in [-0.1, -0.05) is 30.3 Å². The van der Waals surface area contributed by atoms with E-state index in [0.29, 0.717) is 17.2 Å². The van der Waals surface area contributed by atoms with Crippen LogP contribution in [0, 0.1) is 0 Å². The first-order chi connectivity index (χ1) is 13.9. The van der Waals surface area contributed by atoms with Gasteiger partial charge >= 0.3 is 11.9 Å². The van der Waals surface area contributed by atoms with Gasteiger partial charge in [0.05, 0.1) is 32.6 Å². The minimum atomic E-state index is -0.622. The van der Waals surface area contributed by atoms with Crippen molar-refractivity contribution in [2.75, 3.05) is 14.2 Å². The number of ether oxygens (including phenoxy) is 2. The molecule has 0 aliphatic heterocycles. The van der Waals surface area contributed by atoms with Crippen molar-refractivity contribution in [3.63, 3.8) is 0 Å². The Hall–Kier alpha value is -3.04. The van der Waals surface area contributed by atoms with Crippen LogP contribution in [0.2, 0.25) is 0 Å². The molecule has 2 aromatic heterocycles. The van der Waals surface area contributed by atoms with E-state index in [9.17, 15) is 14.4 Å². The summed E-state index contributed by atoms with van der Waals surface area (Å²) >= 11 is 1.03. The predicted molar refractivity (Wildman–Crippen MR) is 109 cm³/mol. The number of hydrogen-bond acceptors (Lipinski definition) is 8. The van der Waals surface area contributed by atoms with Crippen LogP contribution in [-0.4, -0.2) is 36.1 Å². The fraction of sp³-hybridized carbons (Fsp3) is 0.300. The molecule has 0 spiro atoms. The Balaban J connectivity index is 1.93. The molecule has 0 aliphatic rings. The smallest absolute Gasteiger partial charge is 0.348 e. The normalized spacial score (nSPS) is 12.0. The minimum Gasteiger partial charge on any atom is -0.469 e. The lowest BCUT2D eigenvalue weighted by Crippen LogP contribution is -2.22. The van der Waals surface area contributed by atoms with Crippen molar-refractivity contribution in [2.24, 2.45) is 0 Å². The number of carbonyl (C=O) groups is 2. The van der Waals surface area contributed by atoms with Crippen molar-refractivity contribution in [2.45, 2.75) is 25.9 Å². The van der Waals surface area contributed by atoms with Crippen LogP contribution >= 0.6 is 11.3 Å². The zero-order valence-corrected chi connectivity index (χ0v) is 17.1. The molecule has 29 heavy (non-hydrogen) atoms. The van der Waals surface area contributed by atoms with Gasteiger partial charge in [-0.3, -0.25) is 9.59 Å². The topological polar surface area (TPSA) is 110 Å². The number of rotatable bonds is 7. The number of aromatic amines is 1. The Morgan fingerprint density at radius 2 is 1.93 bits per heavy atom. The molecule has 0 amide bonds. The van der Waals surface area contributed by atoms with Gasteiger partial charge in [0.15, 0.2) is 0 Å². The van der Waals surface area contributed by atoms with Gasteiger partial charge in [-0.2, -0.15) is 0 Å². The molecule has 3 aromatic rings. The Morgan fingerprint density at radius 1 is 1.21 bits per heavy atom. The number of esters is 2. The van der Waals surface area contributed by atoms with Crippen molar-refractivity contribution in [1.29, 1.82) is 0 Å². The summed E-state index contributed by atoms with van der Waals surface area (Å²) in [6.07, 6.45) is -0.214. The second kappa shape index (κ2) is 8.97. The molecular weight excluding hydrogens is 394 g/mol. The Morgan fingerprint density at radius 3 is 2.59 bits per heavy atom. The molecular formula is C20H21N3O5S. The van der Waals surface area contributed by atoms with E-state index in [1.54, 1.807) is 0 Å². The number of thiophene rings is 1. The van der Waals surface area contributed by atoms with Crippen LogP contribution in [0.4, 0.5) is 0 Å². The zero-order chi connectivity index (χ0) is 21.0. The largest absolute Gasteiger partial charge is 0.469 e. The van der Waals surface area contributed by atoms with E-state index in [-0.39, 0.29) is 28.3 Å². The fourth-order valence-corrected chi connectivity index (χ4v) is 4.08. The number of benzene rings is 1. The average Bonchev–Trinajstić information content (AvgIpc) is 3.10. The monoisotopic (exact) mass is 415 g/mol. The van der Waals surface area contributed by atoms with Gasteiger partial charge in [0.2, 0.25) is 0 Å². The highest BCUT2D eigenvalue weighted by atomic mass is 32.1. The average molecular weight is 415 g/mol. The van der Waals surface area contributed by atoms with Crippen LogP contribution in [0.5, 0.6) is 0 Å². The molecule has 1 atom stereocenters. The summed E-state index contributed by atoms with van der Waals surface area (Å²) in [4.78, 5) is 44.4. The van der Waals surface area contributed by atoms with Gasteiger partial charge in [0, 0.05) is 11.6 Å². The Bertz CT molecular complexity index is 1090. The maximum absolute atomic E-state index is 12.7. The number of H-pyrrole nitrogens is 1. The summed E-state index contributed by atoms with van der Waals surface area (Å²) in [5.74, 6) is -0.743. The lowest BCUT2D eigenvalue weighted by molar-refractivity contribution is -0.139. The van der Waals surface area contributed by atoms with Crippen molar-refractivity contribution < 1.29 is 19.1 Å². The van der Waals surface area contributed by atoms with E-state index >= 15 is 0 Å². The number of methoxy groups -OCH3 is 2. The molecule has 0 saturated carbocycles. The first-order valence-electron chi connectivity index (χ1n) is 8.92. The number of aromatic nitrogens is 2. The van der Waals surface area contributed by atoms with Crippen LogP contribution < -0.4 is 10.9 Å². The van der Waals surface area contributed by atoms with Crippen LogP contribution in [0.25, 0.3) is 10.2 Å². The third-order valence-electron chi connectivity index (χ3n) is 4.50. The van der Waals surface area contributed by atoms with Crippen LogP contribution in [-0.2, 0) is 27.2 Å². The molecule has 0 bridgehead atoms. The highest BCUT2D eigenvalue weighted by Crippen LogP contribution is 2.29. The molecule has 2 heterocycles. The van der Waals surface area contributed by atoms with Crippen molar-refractivity contribution in [1.82, 2.24) is 15.3 Å². The van der Waals surface area contributed by atoms with E-state index in [0.717, 1.165) is 16.9 Å². The summed E-state index contributed by atoms with van der Waals surface area (Å²) in [6.45, 7) is 2.35. The van der Waals surface area contributed by atoms with E-state index in [1.165, 1.54) is 14.2 Å². The van der Waals surface area contributed by atoms with Gasteiger partial charge in [-0.05, 0) is 12.5 Å². The van der Waals surface area contributed by atoms with Gasteiger partial charge in [-0.15, -0.1) is 11.3 Å². The second-order valence-corrected chi connectivity index (χ2v) is 7.36. The first kappa shape index (κ1) is 20.7. The molecule has 9 heteroatoms. The first-order valence-corrected chi connectivity index (χ1v) is 9.74. The van der Waals surface area contributed by atoms with Gasteiger partial charge in [-0.25, -0.2) is 9.78 Å². The fourth-order valence-electron chi connectivity index (χ4n) is 2.94. The highest BCUT2D eigenvalue weighted by molar-refractivity contribution is 7.20. The van der Waals surface area contributed by atoms with Gasteiger partial charge < -0.3 is 19.8 Å². The molecule has 0 saturated heterocycles. The number of nitrogens with one attached hydrogen (secondary N) is 2. The Labute approximate surface area is 170 Å². The molecule has 0 unspecified atom stereocenters. The van der Waals surface area contributed by atoms with Crippen molar-refractivity contribution >= 4 is 33.5 Å². The molecule has 2 N–H and O–H groups in total. The van der Waals surface area contributed by atoms with Crippen LogP contribution in [0.3, 0.4) is 0 Å². The van der Waals surface area contributed by atoms with Crippen LogP contribution in [0.15, 0.2) is 35.1 Å². The lowest BCUT2D eigenvalue weighted by atomic mass is 10.1. The van der Waals surface area contributed by atoms with Gasteiger partial charge in [0.1, 0.15) is 15.5 Å². The number of carbonyl (C=O) groups excluding carboxylic acids is 2. The molecule has 0 fully saturated rings. The van der Waals surface area contributed by atoms with E-state index in [4.69, 9.17) is 4.74 Å². The number of nitrogens with zero attached hydrogens (tertiary/aromatic N) is 1. The maximum atomic E-state index is 12.7. The second-order valence-electron chi connectivity index (χ2n) is 6.36. The summed E-state index contributed by atoms with van der Waals surface area (Å²) < 4.78 is 9.47. The van der Waals surface area contributed by atoms with E-state index < -0.39 is 17.5 Å². The van der Waals surface area contributed by atoms with Crippen LogP contribution in [0.1, 0.15) is 39.6 Å². The standard InChI is InChI=1S/C20H21N3O5S/c1-11(12-7-5-4-6-8-12)21-10-14-22-18(25)16-13(9-15(24)27-2)17(20(26)28-3)29-19(16)23-14/h4-8,11,21H,9-10H2,1-3H3,(H,22,23,25)/t11-/m1/s1. The number of fused-ring (bicyclic) bond motifs is 1. The zero-order valence-electron chi connectivity index (χ0n) is 16.3. The summed E-state index contributed by atoms with van der Waals surface area (Å²) in [5, 5.41) is 3.52. The summed E-state index contributed by atoms with van der Waals surface area (Å²) in [7, 11) is 2.49. The Kier molecular flexibility index (Phi) is 6.40. The van der Waals surface area contributed by atoms with E-state index in [1.807, 2.05) is 37.3 Å². The maximum Gasteiger partial charge on any atom is 0.348 e. The third kappa shape index (κ3) is 4.52. The summed E-state index contributed by atoms with van der Waals surface area (Å²) in [6, 6.07) is 9.95. The minimum absolute atomic E-state index is 0.0565. The molecule has 0 aliphatic carbocycles. The van der Waals surface area contributed by atoms with Crippen molar-refractivity contribution in [3.05, 3.63) is 62.5 Å². The molecule has 8 nitrogen and oxygen atoms in total. The third-order valence-corrected chi connectivity index (χ3v) is 5.61. The summed E-state index contributed by atoms with van der Waals surface area (Å²) in [5.41, 5.74) is 0.972.